The Hall–Kier alpha value is -2.18. The van der Waals surface area contributed by atoms with Gasteiger partial charge in [0.2, 0.25) is 5.91 Å². The average Bonchev–Trinajstić information content (AvgIpc) is 3.28. The molecule has 6 heteroatoms. The third-order valence-electron chi connectivity index (χ3n) is 12.4. The Kier molecular flexibility index (Phi) is 50.6. The van der Waals surface area contributed by atoms with Gasteiger partial charge in [-0.15, -0.1) is 0 Å². The number of allylic oxidation sites excluding steroid dienone is 7. The summed E-state index contributed by atoms with van der Waals surface area (Å²) in [5.41, 5.74) is 0. The van der Waals surface area contributed by atoms with Crippen LogP contribution in [0.25, 0.3) is 0 Å². The number of carbonyl (C=O) groups excluding carboxylic acids is 2. The van der Waals surface area contributed by atoms with E-state index in [9.17, 15) is 19.8 Å². The summed E-state index contributed by atoms with van der Waals surface area (Å²) in [6.45, 7) is 4.78. The Bertz CT molecular complexity index is 1070. The van der Waals surface area contributed by atoms with Gasteiger partial charge >= 0.3 is 5.97 Å². The molecule has 0 aliphatic heterocycles. The molecular weight excluding hydrogens is 779 g/mol. The van der Waals surface area contributed by atoms with Gasteiger partial charge in [0.25, 0.3) is 0 Å². The summed E-state index contributed by atoms with van der Waals surface area (Å²) in [4.78, 5) is 24.4. The first kappa shape index (κ1) is 60.8. The maximum atomic E-state index is 12.4. The summed E-state index contributed by atoms with van der Waals surface area (Å²) in [6.07, 6.45) is 65.4. The molecule has 0 aromatic carbocycles. The highest BCUT2D eigenvalue weighted by Gasteiger charge is 2.20. The Balaban J connectivity index is 3.46. The van der Waals surface area contributed by atoms with Crippen molar-refractivity contribution in [2.75, 3.05) is 13.2 Å². The summed E-state index contributed by atoms with van der Waals surface area (Å²) in [5.74, 6) is -0.0924. The molecular formula is C57H105NO5. The van der Waals surface area contributed by atoms with E-state index in [1.54, 1.807) is 0 Å². The monoisotopic (exact) mass is 884 g/mol. The van der Waals surface area contributed by atoms with Gasteiger partial charge in [-0.3, -0.25) is 9.59 Å². The highest BCUT2D eigenvalue weighted by atomic mass is 16.5. The summed E-state index contributed by atoms with van der Waals surface area (Å²) < 4.78 is 5.40. The minimum Gasteiger partial charge on any atom is -0.465 e. The number of esters is 1. The lowest BCUT2D eigenvalue weighted by molar-refractivity contribution is -0.143. The van der Waals surface area contributed by atoms with Crippen LogP contribution >= 0.6 is 0 Å². The molecule has 0 heterocycles. The first-order valence-corrected chi connectivity index (χ1v) is 27.4. The molecule has 0 aliphatic rings. The van der Waals surface area contributed by atoms with Crippen LogP contribution in [-0.2, 0) is 14.3 Å². The number of rotatable bonds is 50. The molecule has 1 amide bonds. The number of unbranched alkanes of at least 4 members (excludes halogenated alkanes) is 31. The predicted octanol–water partition coefficient (Wildman–Crippen LogP) is 16.6. The Morgan fingerprint density at radius 2 is 0.810 bits per heavy atom. The molecule has 63 heavy (non-hydrogen) atoms. The van der Waals surface area contributed by atoms with Gasteiger partial charge in [-0.05, 0) is 70.6 Å². The smallest absolute Gasteiger partial charge is 0.305 e. The summed E-state index contributed by atoms with van der Waals surface area (Å²) in [5, 5.41) is 23.2. The van der Waals surface area contributed by atoms with E-state index in [1.807, 2.05) is 0 Å². The maximum absolute atomic E-state index is 12.4. The molecule has 0 saturated heterocycles. The summed E-state index contributed by atoms with van der Waals surface area (Å²) >= 11 is 0. The predicted molar refractivity (Wildman–Crippen MR) is 273 cm³/mol. The van der Waals surface area contributed by atoms with Gasteiger partial charge in [-0.2, -0.15) is 0 Å². The second kappa shape index (κ2) is 52.4. The van der Waals surface area contributed by atoms with Crippen molar-refractivity contribution in [3.8, 4) is 0 Å². The van der Waals surface area contributed by atoms with Gasteiger partial charge in [0.05, 0.1) is 25.4 Å². The van der Waals surface area contributed by atoms with Crippen molar-refractivity contribution in [1.82, 2.24) is 5.32 Å². The van der Waals surface area contributed by atoms with Gasteiger partial charge in [0, 0.05) is 12.8 Å². The summed E-state index contributed by atoms with van der Waals surface area (Å²) in [6, 6.07) is -0.545. The highest BCUT2D eigenvalue weighted by molar-refractivity contribution is 5.76. The molecule has 0 fully saturated rings. The molecule has 0 aliphatic carbocycles. The van der Waals surface area contributed by atoms with Crippen LogP contribution in [0.4, 0.5) is 0 Å². The lowest BCUT2D eigenvalue weighted by Gasteiger charge is -2.22. The Labute approximate surface area is 391 Å². The fourth-order valence-corrected chi connectivity index (χ4v) is 8.14. The maximum Gasteiger partial charge on any atom is 0.305 e. The fourth-order valence-electron chi connectivity index (χ4n) is 8.14. The highest BCUT2D eigenvalue weighted by Crippen LogP contribution is 2.16. The first-order chi connectivity index (χ1) is 31.0. The van der Waals surface area contributed by atoms with Crippen LogP contribution in [0.2, 0.25) is 0 Å². The number of hydrogen-bond donors (Lipinski definition) is 3. The van der Waals surface area contributed by atoms with Crippen LogP contribution in [0.1, 0.15) is 277 Å². The molecule has 0 saturated carbocycles. The molecule has 0 aromatic heterocycles. The molecule has 2 unspecified atom stereocenters. The van der Waals surface area contributed by atoms with Crippen LogP contribution in [-0.4, -0.2) is 47.4 Å². The molecule has 368 valence electrons. The normalized spacial score (nSPS) is 13.0. The third-order valence-corrected chi connectivity index (χ3v) is 12.4. The van der Waals surface area contributed by atoms with E-state index in [2.05, 4.69) is 67.8 Å². The zero-order valence-electron chi connectivity index (χ0n) is 41.8. The zero-order valence-corrected chi connectivity index (χ0v) is 41.8. The summed E-state index contributed by atoms with van der Waals surface area (Å²) in [7, 11) is 0. The number of aliphatic hydroxyl groups is 2. The largest absolute Gasteiger partial charge is 0.465 e. The molecule has 0 bridgehead atoms. The van der Waals surface area contributed by atoms with E-state index in [-0.39, 0.29) is 18.5 Å². The lowest BCUT2D eigenvalue weighted by atomic mass is 10.0. The Morgan fingerprint density at radius 3 is 1.25 bits per heavy atom. The van der Waals surface area contributed by atoms with Crippen LogP contribution in [0, 0.1) is 0 Å². The third kappa shape index (κ3) is 49.1. The van der Waals surface area contributed by atoms with Gasteiger partial charge < -0.3 is 20.3 Å². The topological polar surface area (TPSA) is 95.9 Å². The van der Waals surface area contributed by atoms with E-state index in [1.165, 1.54) is 180 Å². The van der Waals surface area contributed by atoms with Crippen molar-refractivity contribution in [1.29, 1.82) is 0 Å². The first-order valence-electron chi connectivity index (χ1n) is 27.4. The SMILES string of the molecule is CCCC/C=C\C/C=C\CCCCCCCC(=O)OCC/C=C\C/C=C\CCCCCCCCCCCCCCCCC(=O)NC(CO)C(O)CCCCCCCCCCCCC. The van der Waals surface area contributed by atoms with Gasteiger partial charge in [0.15, 0.2) is 0 Å². The van der Waals surface area contributed by atoms with Crippen LogP contribution in [0.5, 0.6) is 0 Å². The quantitative estimate of drug-likeness (QED) is 0.0321. The van der Waals surface area contributed by atoms with Crippen molar-refractivity contribution in [3.05, 3.63) is 48.6 Å². The van der Waals surface area contributed by atoms with E-state index in [4.69, 9.17) is 4.74 Å². The molecule has 0 radical (unpaired) electrons. The van der Waals surface area contributed by atoms with Crippen LogP contribution in [0.3, 0.4) is 0 Å². The molecule has 6 nitrogen and oxygen atoms in total. The van der Waals surface area contributed by atoms with Crippen molar-refractivity contribution in [3.63, 3.8) is 0 Å². The Morgan fingerprint density at radius 1 is 0.444 bits per heavy atom. The van der Waals surface area contributed by atoms with E-state index in [0.717, 1.165) is 64.2 Å². The second-order valence-electron chi connectivity index (χ2n) is 18.6. The van der Waals surface area contributed by atoms with Crippen LogP contribution in [0.15, 0.2) is 48.6 Å². The number of carbonyl (C=O) groups is 2. The van der Waals surface area contributed by atoms with Crippen molar-refractivity contribution in [2.24, 2.45) is 0 Å². The fraction of sp³-hybridized carbons (Fsp3) is 0.825. The van der Waals surface area contributed by atoms with E-state index in [0.29, 0.717) is 25.9 Å². The van der Waals surface area contributed by atoms with Crippen LogP contribution < -0.4 is 5.32 Å². The molecule has 0 aromatic rings. The standard InChI is InChI=1S/C57H105NO5/c1-3-5-7-9-11-13-15-16-27-31-35-39-43-47-51-57(62)63-52-48-44-40-36-32-28-25-23-21-19-17-18-20-22-24-26-30-34-38-42-46-50-56(61)58-54(53-59)55(60)49-45-41-37-33-29-14-12-10-8-6-4-2/h9,11,15-16,28,32,40,44,54-55,59-60H,3-8,10,12-14,17-27,29-31,33-39,41-43,45-53H2,1-2H3,(H,58,61)/b11-9-,16-15-,32-28-,44-40-. The molecule has 2 atom stereocenters. The van der Waals surface area contributed by atoms with Gasteiger partial charge in [-0.25, -0.2) is 0 Å². The van der Waals surface area contributed by atoms with Crippen molar-refractivity contribution < 1.29 is 24.5 Å². The molecule has 0 rings (SSSR count). The van der Waals surface area contributed by atoms with E-state index >= 15 is 0 Å². The van der Waals surface area contributed by atoms with E-state index < -0.39 is 12.1 Å². The van der Waals surface area contributed by atoms with Crippen molar-refractivity contribution >= 4 is 11.9 Å². The molecule has 0 spiro atoms. The van der Waals surface area contributed by atoms with Gasteiger partial charge in [0.1, 0.15) is 0 Å². The number of aliphatic hydroxyl groups excluding tert-OH is 2. The van der Waals surface area contributed by atoms with Crippen molar-refractivity contribution in [2.45, 2.75) is 289 Å². The zero-order chi connectivity index (χ0) is 45.8. The lowest BCUT2D eigenvalue weighted by Crippen LogP contribution is -2.45. The number of ether oxygens (including phenoxy) is 1. The average molecular weight is 884 g/mol. The number of hydrogen-bond acceptors (Lipinski definition) is 5. The second-order valence-corrected chi connectivity index (χ2v) is 18.6. The number of nitrogens with one attached hydrogen (secondary N) is 1. The molecule has 3 N–H and O–H groups in total. The minimum absolute atomic E-state index is 0.0419. The number of amides is 1. The van der Waals surface area contributed by atoms with Gasteiger partial charge in [-0.1, -0.05) is 242 Å². The minimum atomic E-state index is -0.667.